The fourth-order valence-corrected chi connectivity index (χ4v) is 7.12. The predicted molar refractivity (Wildman–Crippen MR) is 175 cm³/mol. The number of carbonyl (C=O) groups is 1. The summed E-state index contributed by atoms with van der Waals surface area (Å²) in [6, 6.07) is 8.75. The van der Waals surface area contributed by atoms with Crippen LogP contribution >= 0.6 is 11.6 Å². The number of hydrogen-bond donors (Lipinski definition) is 3. The Bertz CT molecular complexity index is 1730. The van der Waals surface area contributed by atoms with Gasteiger partial charge in [0.05, 0.1) is 17.6 Å². The minimum atomic E-state index is -4.37. The van der Waals surface area contributed by atoms with Gasteiger partial charge in [0, 0.05) is 23.8 Å². The van der Waals surface area contributed by atoms with E-state index in [0.717, 1.165) is 25.8 Å². The second kappa shape index (κ2) is 13.8. The van der Waals surface area contributed by atoms with Gasteiger partial charge in [0.25, 0.3) is 15.9 Å². The maximum absolute atomic E-state index is 13.2. The summed E-state index contributed by atoms with van der Waals surface area (Å²) < 4.78 is 74.5. The van der Waals surface area contributed by atoms with Crippen molar-refractivity contribution in [1.29, 1.82) is 0 Å². The van der Waals surface area contributed by atoms with Crippen molar-refractivity contribution in [2.75, 3.05) is 18.5 Å². The topological polar surface area (TPSA) is 140 Å². The molecule has 1 aliphatic heterocycles. The summed E-state index contributed by atoms with van der Waals surface area (Å²) in [6.07, 6.45) is 0.250. The van der Waals surface area contributed by atoms with E-state index in [-0.39, 0.29) is 70.8 Å². The molecule has 1 saturated carbocycles. The van der Waals surface area contributed by atoms with Gasteiger partial charge in [-0.15, -0.1) is 5.10 Å². The van der Waals surface area contributed by atoms with Crippen LogP contribution in [0.2, 0.25) is 5.15 Å². The number of ether oxygens (including phenoxy) is 1. The lowest BCUT2D eigenvalue weighted by Gasteiger charge is -2.25. The van der Waals surface area contributed by atoms with Crippen molar-refractivity contribution in [3.8, 4) is 11.7 Å². The Labute approximate surface area is 283 Å². The molecule has 1 unspecified atom stereocenters. The summed E-state index contributed by atoms with van der Waals surface area (Å²) in [6.45, 7) is 9.43. The summed E-state index contributed by atoms with van der Waals surface area (Å²) in [7, 11) is -4.37. The van der Waals surface area contributed by atoms with Gasteiger partial charge in [-0.05, 0) is 95.0 Å². The van der Waals surface area contributed by atoms with Gasteiger partial charge in [0.2, 0.25) is 5.88 Å². The lowest BCUT2D eigenvalue weighted by atomic mass is 9.90. The lowest BCUT2D eigenvalue weighted by Crippen LogP contribution is -2.32. The fourth-order valence-electron chi connectivity index (χ4n) is 5.95. The van der Waals surface area contributed by atoms with Crippen LogP contribution in [0.3, 0.4) is 0 Å². The average Bonchev–Trinajstić information content (AvgIpc) is 3.52. The number of alkyl halides is 3. The van der Waals surface area contributed by atoms with Crippen molar-refractivity contribution in [3.63, 3.8) is 0 Å². The molecule has 48 heavy (non-hydrogen) atoms. The summed E-state index contributed by atoms with van der Waals surface area (Å²) in [4.78, 5) is 21.4. The number of halogens is 4. The van der Waals surface area contributed by atoms with Crippen LogP contribution in [0.15, 0.2) is 47.6 Å². The molecule has 1 saturated heterocycles. The number of nitrogens with zero attached hydrogens (tertiary/aromatic N) is 4. The Morgan fingerprint density at radius 1 is 1.17 bits per heavy atom. The number of amides is 1. The van der Waals surface area contributed by atoms with Crippen LogP contribution in [0.5, 0.6) is 5.88 Å². The summed E-state index contributed by atoms with van der Waals surface area (Å²) >= 11 is 6.27. The minimum absolute atomic E-state index is 0.0683. The summed E-state index contributed by atoms with van der Waals surface area (Å²) in [5.74, 6) is 0.488. The first kappa shape index (κ1) is 35.9. The van der Waals surface area contributed by atoms with E-state index >= 15 is 0 Å². The largest absolute Gasteiger partial charge is 0.477 e. The third kappa shape index (κ3) is 8.58. The molecule has 4 heterocycles. The quantitative estimate of drug-likeness (QED) is 0.168. The molecule has 0 radical (unpaired) electrons. The highest BCUT2D eigenvalue weighted by molar-refractivity contribution is 7.90. The Balaban J connectivity index is 1.18. The Hall–Kier alpha value is -3.43. The first-order valence-corrected chi connectivity index (χ1v) is 17.8. The molecule has 2 fully saturated rings. The normalized spacial score (nSPS) is 19.2. The molecule has 2 atom stereocenters. The molecule has 16 heteroatoms. The Morgan fingerprint density at radius 3 is 2.54 bits per heavy atom. The number of nitrogens with one attached hydrogen (secondary N) is 3. The Morgan fingerprint density at radius 2 is 1.92 bits per heavy atom. The molecule has 262 valence electrons. The molecule has 5 rings (SSSR count). The number of pyridine rings is 2. The van der Waals surface area contributed by atoms with Crippen LogP contribution in [0.1, 0.15) is 76.6 Å². The van der Waals surface area contributed by atoms with Gasteiger partial charge in [-0.3, -0.25) is 4.79 Å². The monoisotopic (exact) mass is 711 g/mol. The number of anilines is 1. The van der Waals surface area contributed by atoms with Gasteiger partial charge in [-0.2, -0.15) is 21.6 Å². The second-order valence-electron chi connectivity index (χ2n) is 13.7. The molecule has 3 aromatic heterocycles. The molecule has 0 aromatic carbocycles. The van der Waals surface area contributed by atoms with Crippen LogP contribution in [-0.2, 0) is 10.0 Å². The summed E-state index contributed by atoms with van der Waals surface area (Å²) in [5.41, 5.74) is -1.74. The molecule has 0 bridgehead atoms. The molecule has 11 nitrogen and oxygen atoms in total. The fraction of sp³-hybridized carbons (Fsp3) is 0.562. The lowest BCUT2D eigenvalue weighted by molar-refractivity contribution is -0.190. The van der Waals surface area contributed by atoms with Gasteiger partial charge in [-0.25, -0.2) is 19.4 Å². The van der Waals surface area contributed by atoms with Gasteiger partial charge >= 0.3 is 6.18 Å². The van der Waals surface area contributed by atoms with E-state index in [2.05, 4.69) is 53.4 Å². The molecule has 1 aliphatic carbocycles. The highest BCUT2D eigenvalue weighted by atomic mass is 35.5. The Kier molecular flexibility index (Phi) is 10.3. The number of rotatable bonds is 14. The van der Waals surface area contributed by atoms with E-state index in [0.29, 0.717) is 11.7 Å². The van der Waals surface area contributed by atoms with Crippen LogP contribution in [-0.4, -0.2) is 65.0 Å². The smallest absolute Gasteiger partial charge is 0.394 e. The first-order valence-electron chi connectivity index (χ1n) is 15.9. The zero-order valence-corrected chi connectivity index (χ0v) is 28.8. The predicted octanol–water partition coefficient (Wildman–Crippen LogP) is 6.15. The van der Waals surface area contributed by atoms with Crippen molar-refractivity contribution in [2.24, 2.45) is 17.3 Å². The molecule has 0 spiro atoms. The summed E-state index contributed by atoms with van der Waals surface area (Å²) in [5, 5.41) is 10.5. The number of carbonyl (C=O) groups excluding carboxylic acids is 1. The van der Waals surface area contributed by atoms with Crippen LogP contribution in [0.4, 0.5) is 19.0 Å². The third-order valence-corrected chi connectivity index (χ3v) is 10.6. The van der Waals surface area contributed by atoms with Gasteiger partial charge in [0.1, 0.15) is 11.0 Å². The first-order chi connectivity index (χ1) is 22.5. The zero-order valence-electron chi connectivity index (χ0n) is 27.3. The van der Waals surface area contributed by atoms with Crippen molar-refractivity contribution >= 4 is 33.3 Å². The number of aromatic nitrogens is 4. The highest BCUT2D eigenvalue weighted by Crippen LogP contribution is 2.59. The molecule has 1 amide bonds. The number of sulfonamides is 1. The SMILES string of the molecule is CC(C)C(CC[C@@H]1CNC(C)(C)C1)Nc1cccc(S(=O)(=O)NC(=O)c2ccc(-n3ccc(OCCC4(C(F)(F)F)CC4)n3)nc2Cl)n1. The van der Waals surface area contributed by atoms with Crippen molar-refractivity contribution in [1.82, 2.24) is 29.8 Å². The molecular weight excluding hydrogens is 671 g/mol. The molecular formula is C32H41ClF3N7O4S. The highest BCUT2D eigenvalue weighted by Gasteiger charge is 2.62. The molecule has 3 N–H and O–H groups in total. The van der Waals surface area contributed by atoms with Crippen LogP contribution in [0.25, 0.3) is 5.82 Å². The minimum Gasteiger partial charge on any atom is -0.477 e. The van der Waals surface area contributed by atoms with E-state index in [1.165, 1.54) is 35.1 Å². The molecule has 2 aliphatic rings. The molecule has 3 aromatic rings. The second-order valence-corrected chi connectivity index (χ2v) is 15.7. The standard InChI is InChI=1S/C32H41ClF3N7O4S/c1-20(2)23(10-8-21-18-30(3,4)37-19-21)38-24-6-5-7-27(39-24)48(45,46)42-29(44)22-9-11-25(40-28(22)33)43-16-12-26(41-43)47-17-15-31(13-14-31)32(34,35)36/h5-7,9,11-12,16,20-21,23,37H,8,10,13-15,17-19H2,1-4H3,(H,38,39)(H,42,44)/t21-,23?/m0/s1. The van der Waals surface area contributed by atoms with Crippen molar-refractivity contribution in [2.45, 2.75) is 89.0 Å². The van der Waals surface area contributed by atoms with Gasteiger partial charge in [0.15, 0.2) is 10.8 Å². The van der Waals surface area contributed by atoms with Gasteiger partial charge in [-0.1, -0.05) is 31.5 Å². The van der Waals surface area contributed by atoms with Crippen molar-refractivity contribution in [3.05, 3.63) is 53.3 Å². The van der Waals surface area contributed by atoms with Crippen LogP contribution in [0, 0.1) is 17.3 Å². The number of hydrogen-bond acceptors (Lipinski definition) is 9. The zero-order chi connectivity index (χ0) is 34.9. The average molecular weight is 712 g/mol. The van der Waals surface area contributed by atoms with Gasteiger partial charge < -0.3 is 15.4 Å². The van der Waals surface area contributed by atoms with E-state index in [9.17, 15) is 26.4 Å². The van der Waals surface area contributed by atoms with E-state index in [4.69, 9.17) is 16.3 Å². The maximum atomic E-state index is 13.2. The third-order valence-electron chi connectivity index (χ3n) is 9.08. The maximum Gasteiger partial charge on any atom is 0.394 e. The van der Waals surface area contributed by atoms with E-state index < -0.39 is 27.5 Å². The van der Waals surface area contributed by atoms with Crippen molar-refractivity contribution < 1.29 is 31.1 Å². The van der Waals surface area contributed by atoms with E-state index in [1.54, 1.807) is 12.1 Å². The van der Waals surface area contributed by atoms with E-state index in [1.807, 2.05) is 4.72 Å². The van der Waals surface area contributed by atoms with Crippen LogP contribution < -0.4 is 20.1 Å².